The average molecular weight is 331 g/mol. The van der Waals surface area contributed by atoms with Gasteiger partial charge < -0.3 is 0 Å². The lowest BCUT2D eigenvalue weighted by Crippen LogP contribution is -2.20. The molecule has 3 heterocycles. The smallest absolute Gasteiger partial charge is 0.282 e. The van der Waals surface area contributed by atoms with Gasteiger partial charge in [0.15, 0.2) is 5.52 Å². The lowest BCUT2D eigenvalue weighted by Gasteiger charge is -2.07. The first-order valence-electron chi connectivity index (χ1n) is 6.61. The van der Waals surface area contributed by atoms with Crippen LogP contribution in [-0.4, -0.2) is 29.4 Å². The number of fused-ring (bicyclic) bond motifs is 3. The number of aromatic nitrogens is 6. The van der Waals surface area contributed by atoms with Crippen molar-refractivity contribution in [1.82, 2.24) is 29.4 Å². The molecule has 0 saturated heterocycles. The number of benzene rings is 1. The van der Waals surface area contributed by atoms with Crippen LogP contribution in [0.5, 0.6) is 0 Å². The van der Waals surface area contributed by atoms with Crippen molar-refractivity contribution in [2.45, 2.75) is 6.92 Å². The molecule has 0 aliphatic rings. The molecule has 0 N–H and O–H groups in total. The molecule has 0 amide bonds. The fraction of sp³-hybridized carbons (Fsp3) is 0.0714. The molecule has 23 heavy (non-hydrogen) atoms. The Kier molecular flexibility index (Phi) is 2.88. The Bertz CT molecular complexity index is 1140. The molecule has 0 bridgehead atoms. The van der Waals surface area contributed by atoms with E-state index in [1.807, 2.05) is 0 Å². The van der Waals surface area contributed by atoms with Crippen LogP contribution in [0.4, 0.5) is 4.39 Å². The summed E-state index contributed by atoms with van der Waals surface area (Å²) in [5, 5.41) is 12.0. The highest BCUT2D eigenvalue weighted by atomic mass is 35.5. The van der Waals surface area contributed by atoms with Crippen molar-refractivity contribution in [3.63, 3.8) is 0 Å². The Balaban J connectivity index is 2.02. The number of nitrogens with zero attached hydrogens (tertiary/aromatic N) is 6. The Morgan fingerprint density at radius 2 is 2.04 bits per heavy atom. The van der Waals surface area contributed by atoms with Crippen LogP contribution >= 0.6 is 11.6 Å². The van der Waals surface area contributed by atoms with Crippen molar-refractivity contribution in [3.05, 3.63) is 57.5 Å². The summed E-state index contributed by atoms with van der Waals surface area (Å²) in [6, 6.07) is 5.70. The standard InChI is InChI=1S/C14H8ClFN6O/c1-7-17-14-19-18-12-11(22(14)20-7)4-5-21(13(12)23)8-2-3-10(16)9(15)6-8/h2-6H,1H3. The van der Waals surface area contributed by atoms with Crippen molar-refractivity contribution in [1.29, 1.82) is 0 Å². The third-order valence-electron chi connectivity index (χ3n) is 3.39. The van der Waals surface area contributed by atoms with E-state index in [4.69, 9.17) is 11.6 Å². The summed E-state index contributed by atoms with van der Waals surface area (Å²) in [5.74, 6) is 0.294. The summed E-state index contributed by atoms with van der Waals surface area (Å²) in [6.07, 6.45) is 1.55. The monoisotopic (exact) mass is 330 g/mol. The molecule has 9 heteroatoms. The van der Waals surface area contributed by atoms with Crippen LogP contribution in [0.3, 0.4) is 0 Å². The van der Waals surface area contributed by atoms with Gasteiger partial charge in [-0.1, -0.05) is 11.6 Å². The number of hydrogen-bond donors (Lipinski definition) is 0. The molecular formula is C14H8ClFN6O. The highest BCUT2D eigenvalue weighted by Crippen LogP contribution is 2.18. The summed E-state index contributed by atoms with van der Waals surface area (Å²) in [4.78, 5) is 16.7. The molecule has 3 aromatic heterocycles. The maximum Gasteiger partial charge on any atom is 0.285 e. The van der Waals surface area contributed by atoms with Crippen LogP contribution < -0.4 is 5.56 Å². The largest absolute Gasteiger partial charge is 0.285 e. The Hall–Kier alpha value is -2.87. The van der Waals surface area contributed by atoms with Gasteiger partial charge in [-0.05, 0) is 31.2 Å². The quantitative estimate of drug-likeness (QED) is 0.533. The van der Waals surface area contributed by atoms with Gasteiger partial charge in [-0.2, -0.15) is 9.50 Å². The van der Waals surface area contributed by atoms with Crippen LogP contribution in [0, 0.1) is 12.7 Å². The van der Waals surface area contributed by atoms with Gasteiger partial charge in [0.1, 0.15) is 17.2 Å². The normalized spacial score (nSPS) is 11.4. The van der Waals surface area contributed by atoms with Gasteiger partial charge in [-0.3, -0.25) is 9.36 Å². The minimum absolute atomic E-state index is 0.0667. The van der Waals surface area contributed by atoms with Crippen LogP contribution in [0.1, 0.15) is 5.82 Å². The highest BCUT2D eigenvalue weighted by Gasteiger charge is 2.13. The van der Waals surface area contributed by atoms with Gasteiger partial charge in [0, 0.05) is 6.20 Å². The van der Waals surface area contributed by atoms with Crippen molar-refractivity contribution >= 4 is 28.4 Å². The predicted molar refractivity (Wildman–Crippen MR) is 81.4 cm³/mol. The lowest BCUT2D eigenvalue weighted by atomic mass is 10.3. The molecule has 1 aromatic carbocycles. The van der Waals surface area contributed by atoms with Crippen LogP contribution in [0.2, 0.25) is 5.02 Å². The fourth-order valence-corrected chi connectivity index (χ4v) is 2.52. The van der Waals surface area contributed by atoms with E-state index in [0.717, 1.165) is 0 Å². The molecule has 7 nitrogen and oxygen atoms in total. The van der Waals surface area contributed by atoms with Gasteiger partial charge in [0.2, 0.25) is 0 Å². The third-order valence-corrected chi connectivity index (χ3v) is 3.68. The van der Waals surface area contributed by atoms with E-state index in [-0.39, 0.29) is 10.5 Å². The van der Waals surface area contributed by atoms with Crippen molar-refractivity contribution in [2.24, 2.45) is 0 Å². The van der Waals surface area contributed by atoms with Gasteiger partial charge in [0.05, 0.1) is 10.7 Å². The number of pyridine rings is 1. The summed E-state index contributed by atoms with van der Waals surface area (Å²) < 4.78 is 16.1. The summed E-state index contributed by atoms with van der Waals surface area (Å²) >= 11 is 5.77. The number of halogens is 2. The second-order valence-electron chi connectivity index (χ2n) is 4.89. The first-order valence-corrected chi connectivity index (χ1v) is 6.99. The lowest BCUT2D eigenvalue weighted by molar-refractivity contribution is 0.627. The number of rotatable bonds is 1. The molecule has 0 aliphatic heterocycles. The van der Waals surface area contributed by atoms with Crippen LogP contribution in [-0.2, 0) is 0 Å². The second-order valence-corrected chi connectivity index (χ2v) is 5.30. The van der Waals surface area contributed by atoms with Gasteiger partial charge >= 0.3 is 0 Å². The summed E-state index contributed by atoms with van der Waals surface area (Å²) in [5.41, 5.74) is 0.642. The average Bonchev–Trinajstić information content (AvgIpc) is 2.91. The topological polar surface area (TPSA) is 78.0 Å². The van der Waals surface area contributed by atoms with Gasteiger partial charge in [0.25, 0.3) is 11.3 Å². The van der Waals surface area contributed by atoms with E-state index in [1.165, 1.54) is 27.3 Å². The zero-order valence-electron chi connectivity index (χ0n) is 11.7. The zero-order chi connectivity index (χ0) is 16.1. The Morgan fingerprint density at radius 3 is 2.83 bits per heavy atom. The van der Waals surface area contributed by atoms with Crippen LogP contribution in [0.25, 0.3) is 22.5 Å². The molecule has 4 aromatic rings. The predicted octanol–water partition coefficient (Wildman–Crippen LogP) is 1.92. The Labute approximate surface area is 133 Å². The van der Waals surface area contributed by atoms with Gasteiger partial charge in [-0.25, -0.2) is 4.39 Å². The minimum atomic E-state index is -0.552. The van der Waals surface area contributed by atoms with Crippen LogP contribution in [0.15, 0.2) is 35.3 Å². The van der Waals surface area contributed by atoms with Crippen molar-refractivity contribution < 1.29 is 4.39 Å². The van der Waals surface area contributed by atoms with E-state index < -0.39 is 11.4 Å². The maximum atomic E-state index is 13.3. The van der Waals surface area contributed by atoms with E-state index in [1.54, 1.807) is 19.2 Å². The summed E-state index contributed by atoms with van der Waals surface area (Å²) in [6.45, 7) is 1.72. The fourth-order valence-electron chi connectivity index (χ4n) is 2.34. The molecule has 114 valence electrons. The first kappa shape index (κ1) is 13.8. The molecule has 0 unspecified atom stereocenters. The Morgan fingerprint density at radius 1 is 1.22 bits per heavy atom. The molecule has 0 spiro atoms. The molecule has 0 saturated carbocycles. The van der Waals surface area contributed by atoms with Gasteiger partial charge in [-0.15, -0.1) is 15.3 Å². The molecule has 0 fully saturated rings. The molecule has 0 radical (unpaired) electrons. The zero-order valence-corrected chi connectivity index (χ0v) is 12.5. The summed E-state index contributed by atoms with van der Waals surface area (Å²) in [7, 11) is 0. The first-order chi connectivity index (χ1) is 11.0. The minimum Gasteiger partial charge on any atom is -0.282 e. The van der Waals surface area contributed by atoms with E-state index in [9.17, 15) is 9.18 Å². The molecular weight excluding hydrogens is 323 g/mol. The van der Waals surface area contributed by atoms with Crippen molar-refractivity contribution in [3.8, 4) is 5.69 Å². The molecule has 4 rings (SSSR count). The maximum absolute atomic E-state index is 13.3. The van der Waals surface area contributed by atoms with E-state index in [0.29, 0.717) is 22.8 Å². The molecule has 0 atom stereocenters. The number of aryl methyl sites for hydroxylation is 1. The van der Waals surface area contributed by atoms with Crippen molar-refractivity contribution in [2.75, 3.05) is 0 Å². The molecule has 0 aliphatic carbocycles. The SMILES string of the molecule is Cc1nc2nnc3c(=O)n(-c4ccc(F)c(Cl)c4)ccc3n2n1. The number of hydrogen-bond acceptors (Lipinski definition) is 5. The van der Waals surface area contributed by atoms with E-state index in [2.05, 4.69) is 20.3 Å². The van der Waals surface area contributed by atoms with E-state index >= 15 is 0 Å². The second kappa shape index (κ2) is 4.82. The highest BCUT2D eigenvalue weighted by molar-refractivity contribution is 6.30. The third kappa shape index (κ3) is 2.07.